The van der Waals surface area contributed by atoms with Crippen LogP contribution in [0.4, 0.5) is 4.79 Å². The number of imidazole rings is 1. The molecule has 6 heteroatoms. The molecular weight excluding hydrogens is 294 g/mol. The second-order valence-corrected chi connectivity index (χ2v) is 7.13. The van der Waals surface area contributed by atoms with Gasteiger partial charge in [-0.3, -0.25) is 0 Å². The summed E-state index contributed by atoms with van der Waals surface area (Å²) in [6, 6.07) is 6.02. The van der Waals surface area contributed by atoms with E-state index in [9.17, 15) is 9.59 Å². The SMILES string of the molecule is CC(C)(C)OC(=O)N1CCC(c2ccc3[nH]c(=O)[nH]c3c2)CC1. The van der Waals surface area contributed by atoms with Gasteiger partial charge in [0.15, 0.2) is 0 Å². The molecule has 1 saturated heterocycles. The Labute approximate surface area is 134 Å². The molecule has 1 aromatic carbocycles. The number of ether oxygens (including phenoxy) is 1. The van der Waals surface area contributed by atoms with E-state index in [-0.39, 0.29) is 11.8 Å². The van der Waals surface area contributed by atoms with Crippen molar-refractivity contribution >= 4 is 17.1 Å². The van der Waals surface area contributed by atoms with Gasteiger partial charge in [0.25, 0.3) is 0 Å². The molecule has 2 N–H and O–H groups in total. The number of nitrogens with zero attached hydrogens (tertiary/aromatic N) is 1. The maximum absolute atomic E-state index is 12.1. The fourth-order valence-corrected chi connectivity index (χ4v) is 3.03. The highest BCUT2D eigenvalue weighted by Gasteiger charge is 2.27. The molecule has 2 heterocycles. The highest BCUT2D eigenvalue weighted by atomic mass is 16.6. The van der Waals surface area contributed by atoms with E-state index in [1.165, 1.54) is 5.56 Å². The number of carbonyl (C=O) groups excluding carboxylic acids is 1. The molecule has 1 aromatic heterocycles. The first-order valence-electron chi connectivity index (χ1n) is 8.02. The third-order valence-electron chi connectivity index (χ3n) is 4.16. The Hall–Kier alpha value is -2.24. The summed E-state index contributed by atoms with van der Waals surface area (Å²) < 4.78 is 5.42. The van der Waals surface area contributed by atoms with E-state index in [1.807, 2.05) is 32.9 Å². The lowest BCUT2D eigenvalue weighted by molar-refractivity contribution is 0.0205. The molecule has 23 heavy (non-hydrogen) atoms. The van der Waals surface area contributed by atoms with E-state index in [0.717, 1.165) is 23.9 Å². The Bertz CT molecular complexity index is 761. The Morgan fingerprint density at radius 3 is 2.48 bits per heavy atom. The summed E-state index contributed by atoms with van der Waals surface area (Å²) in [4.78, 5) is 30.8. The topological polar surface area (TPSA) is 78.2 Å². The van der Waals surface area contributed by atoms with Gasteiger partial charge in [-0.25, -0.2) is 9.59 Å². The molecule has 1 amide bonds. The van der Waals surface area contributed by atoms with Crippen LogP contribution in [-0.4, -0.2) is 39.7 Å². The summed E-state index contributed by atoms with van der Waals surface area (Å²) in [6.45, 7) is 7.03. The molecule has 6 nitrogen and oxygen atoms in total. The first kappa shape index (κ1) is 15.6. The van der Waals surface area contributed by atoms with Crippen molar-refractivity contribution in [3.63, 3.8) is 0 Å². The first-order valence-corrected chi connectivity index (χ1v) is 8.02. The van der Waals surface area contributed by atoms with Crippen LogP contribution >= 0.6 is 0 Å². The molecule has 0 saturated carbocycles. The number of benzene rings is 1. The van der Waals surface area contributed by atoms with Crippen LogP contribution in [0.15, 0.2) is 23.0 Å². The van der Waals surface area contributed by atoms with Gasteiger partial charge < -0.3 is 19.6 Å². The van der Waals surface area contributed by atoms with Crippen molar-refractivity contribution in [2.45, 2.75) is 45.1 Å². The molecule has 0 unspecified atom stereocenters. The van der Waals surface area contributed by atoms with Crippen molar-refractivity contribution in [2.24, 2.45) is 0 Å². The molecule has 0 bridgehead atoms. The third kappa shape index (κ3) is 3.57. The second-order valence-electron chi connectivity index (χ2n) is 7.13. The number of hydrogen-bond donors (Lipinski definition) is 2. The minimum atomic E-state index is -0.459. The summed E-state index contributed by atoms with van der Waals surface area (Å²) in [5.74, 6) is 0.400. The average molecular weight is 317 g/mol. The number of fused-ring (bicyclic) bond motifs is 1. The summed E-state index contributed by atoms with van der Waals surface area (Å²) in [5, 5.41) is 0. The zero-order valence-corrected chi connectivity index (χ0v) is 13.8. The van der Waals surface area contributed by atoms with Gasteiger partial charge in [0.1, 0.15) is 5.60 Å². The van der Waals surface area contributed by atoms with Gasteiger partial charge in [0.05, 0.1) is 11.0 Å². The molecule has 2 aromatic rings. The van der Waals surface area contributed by atoms with Gasteiger partial charge in [0, 0.05) is 13.1 Å². The Morgan fingerprint density at radius 1 is 1.17 bits per heavy atom. The van der Waals surface area contributed by atoms with Crippen LogP contribution in [-0.2, 0) is 4.74 Å². The van der Waals surface area contributed by atoms with Crippen LogP contribution in [0.2, 0.25) is 0 Å². The standard InChI is InChI=1S/C17H23N3O3/c1-17(2,3)23-16(22)20-8-6-11(7-9-20)12-4-5-13-14(10-12)19-15(21)18-13/h4-5,10-11H,6-9H2,1-3H3,(H2,18,19,21). The number of nitrogens with one attached hydrogen (secondary N) is 2. The monoisotopic (exact) mass is 317 g/mol. The summed E-state index contributed by atoms with van der Waals surface area (Å²) >= 11 is 0. The molecule has 0 atom stereocenters. The number of aromatic amines is 2. The lowest BCUT2D eigenvalue weighted by Crippen LogP contribution is -2.41. The third-order valence-corrected chi connectivity index (χ3v) is 4.16. The van der Waals surface area contributed by atoms with E-state index >= 15 is 0 Å². The molecular formula is C17H23N3O3. The molecule has 1 fully saturated rings. The molecule has 124 valence electrons. The van der Waals surface area contributed by atoms with Gasteiger partial charge in [-0.05, 0) is 57.2 Å². The van der Waals surface area contributed by atoms with E-state index < -0.39 is 5.60 Å². The maximum atomic E-state index is 12.1. The van der Waals surface area contributed by atoms with Gasteiger partial charge in [-0.2, -0.15) is 0 Å². The van der Waals surface area contributed by atoms with Crippen molar-refractivity contribution in [1.82, 2.24) is 14.9 Å². The van der Waals surface area contributed by atoms with Crippen LogP contribution < -0.4 is 5.69 Å². The largest absolute Gasteiger partial charge is 0.444 e. The minimum absolute atomic E-state index is 0.183. The molecule has 0 radical (unpaired) electrons. The van der Waals surface area contributed by atoms with Gasteiger partial charge in [0.2, 0.25) is 0 Å². The van der Waals surface area contributed by atoms with Crippen molar-refractivity contribution in [3.8, 4) is 0 Å². The quantitative estimate of drug-likeness (QED) is 0.848. The predicted molar refractivity (Wildman–Crippen MR) is 88.7 cm³/mol. The molecule has 1 aliphatic rings. The van der Waals surface area contributed by atoms with Crippen molar-refractivity contribution < 1.29 is 9.53 Å². The van der Waals surface area contributed by atoms with Crippen molar-refractivity contribution in [3.05, 3.63) is 34.2 Å². The minimum Gasteiger partial charge on any atom is -0.444 e. The summed E-state index contributed by atoms with van der Waals surface area (Å²) in [6.07, 6.45) is 1.57. The number of aromatic nitrogens is 2. The number of piperidine rings is 1. The second kappa shape index (κ2) is 5.76. The lowest BCUT2D eigenvalue weighted by Gasteiger charge is -2.33. The first-order chi connectivity index (χ1) is 10.8. The maximum Gasteiger partial charge on any atom is 0.410 e. The fourth-order valence-electron chi connectivity index (χ4n) is 3.03. The highest BCUT2D eigenvalue weighted by Crippen LogP contribution is 2.29. The number of rotatable bonds is 1. The summed E-state index contributed by atoms with van der Waals surface area (Å²) in [5.41, 5.74) is 2.22. The normalized spacial score (nSPS) is 16.7. The fraction of sp³-hybridized carbons (Fsp3) is 0.529. The molecule has 0 aliphatic carbocycles. The van der Waals surface area contributed by atoms with Crippen molar-refractivity contribution in [1.29, 1.82) is 0 Å². The van der Waals surface area contributed by atoms with Crippen LogP contribution in [0.25, 0.3) is 11.0 Å². The van der Waals surface area contributed by atoms with E-state index in [0.29, 0.717) is 19.0 Å². The number of carbonyl (C=O) groups is 1. The molecule has 3 rings (SSSR count). The van der Waals surface area contributed by atoms with Gasteiger partial charge >= 0.3 is 11.8 Å². The zero-order chi connectivity index (χ0) is 16.6. The van der Waals surface area contributed by atoms with E-state index in [4.69, 9.17) is 4.74 Å². The smallest absolute Gasteiger partial charge is 0.410 e. The molecule has 1 aliphatic heterocycles. The number of hydrogen-bond acceptors (Lipinski definition) is 3. The lowest BCUT2D eigenvalue weighted by atomic mass is 9.89. The van der Waals surface area contributed by atoms with Crippen LogP contribution in [0.5, 0.6) is 0 Å². The van der Waals surface area contributed by atoms with Crippen LogP contribution in [0.3, 0.4) is 0 Å². The van der Waals surface area contributed by atoms with Gasteiger partial charge in [-0.15, -0.1) is 0 Å². The summed E-state index contributed by atoms with van der Waals surface area (Å²) in [7, 11) is 0. The highest BCUT2D eigenvalue weighted by molar-refractivity contribution is 5.75. The van der Waals surface area contributed by atoms with Crippen LogP contribution in [0, 0.1) is 0 Å². The Balaban J connectivity index is 1.65. The average Bonchev–Trinajstić information content (AvgIpc) is 2.84. The Morgan fingerprint density at radius 2 is 1.83 bits per heavy atom. The van der Waals surface area contributed by atoms with Crippen molar-refractivity contribution in [2.75, 3.05) is 13.1 Å². The van der Waals surface area contributed by atoms with E-state index in [1.54, 1.807) is 4.90 Å². The number of H-pyrrole nitrogens is 2. The van der Waals surface area contributed by atoms with E-state index in [2.05, 4.69) is 16.0 Å². The zero-order valence-electron chi connectivity index (χ0n) is 13.8. The van der Waals surface area contributed by atoms with Gasteiger partial charge in [-0.1, -0.05) is 6.07 Å². The number of likely N-dealkylation sites (tertiary alicyclic amines) is 1. The number of amides is 1. The molecule has 0 spiro atoms. The van der Waals surface area contributed by atoms with Crippen LogP contribution in [0.1, 0.15) is 45.1 Å². The Kier molecular flexibility index (Phi) is 3.92. The predicted octanol–water partition coefficient (Wildman–Crippen LogP) is 2.97.